The number of H-pyrrole nitrogens is 1. The first-order chi connectivity index (χ1) is 17.8. The number of ether oxygens (including phenoxy) is 1. The van der Waals surface area contributed by atoms with E-state index < -0.39 is 20.8 Å². The molecule has 3 atom stereocenters. The summed E-state index contributed by atoms with van der Waals surface area (Å²) in [6, 6.07) is 2.59. The molecule has 4 heterocycles. The van der Waals surface area contributed by atoms with Gasteiger partial charge < -0.3 is 19.5 Å². The summed E-state index contributed by atoms with van der Waals surface area (Å²) in [5, 5.41) is 4.33. The number of aromatic amines is 1. The summed E-state index contributed by atoms with van der Waals surface area (Å²) in [6.45, 7) is 1.53. The van der Waals surface area contributed by atoms with Crippen LogP contribution < -0.4 is 15.0 Å². The topological polar surface area (TPSA) is 230 Å². The SMILES string of the molecule is COc1nsc(NC(=O)N2C[C@H]3C[C@@H](N(C)c4ncnc5[nH]ccc45)C[C@H]3C2)n1.O=S(=O)(O)OS(=O)(=O)O. The first kappa shape index (κ1) is 27.9. The number of nitrogens with zero attached hydrogens (tertiary/aromatic N) is 6. The molecule has 38 heavy (non-hydrogen) atoms. The Morgan fingerprint density at radius 3 is 2.39 bits per heavy atom. The summed E-state index contributed by atoms with van der Waals surface area (Å²) in [6.07, 6.45) is 5.60. The largest absolute Gasteiger partial charge is 0.466 e. The lowest BCUT2D eigenvalue weighted by atomic mass is 10.0. The molecule has 0 bridgehead atoms. The molecule has 2 amide bonds. The molecule has 1 saturated heterocycles. The maximum absolute atomic E-state index is 12.6. The van der Waals surface area contributed by atoms with Gasteiger partial charge in [-0.2, -0.15) is 21.8 Å². The number of amides is 2. The molecule has 0 aromatic carbocycles. The molecule has 1 saturated carbocycles. The van der Waals surface area contributed by atoms with Gasteiger partial charge in [0.2, 0.25) is 5.13 Å². The maximum atomic E-state index is 12.6. The van der Waals surface area contributed by atoms with Gasteiger partial charge in [-0.1, -0.05) is 0 Å². The van der Waals surface area contributed by atoms with E-state index in [4.69, 9.17) is 13.8 Å². The lowest BCUT2D eigenvalue weighted by Gasteiger charge is -2.27. The molecule has 3 aromatic heterocycles. The van der Waals surface area contributed by atoms with Crippen molar-refractivity contribution in [3.8, 4) is 6.01 Å². The molecule has 0 radical (unpaired) electrons. The van der Waals surface area contributed by atoms with Crippen molar-refractivity contribution in [1.29, 1.82) is 0 Å². The summed E-state index contributed by atoms with van der Waals surface area (Å²) in [7, 11) is -6.63. The number of aromatic nitrogens is 5. The minimum absolute atomic E-state index is 0.118. The van der Waals surface area contributed by atoms with Gasteiger partial charge in [-0.15, -0.1) is 8.00 Å². The van der Waals surface area contributed by atoms with Crippen LogP contribution in [-0.4, -0.2) is 94.5 Å². The Labute approximate surface area is 221 Å². The molecule has 208 valence electrons. The molecular formula is C18H24N8O9S3. The molecule has 20 heteroatoms. The fraction of sp³-hybridized carbons (Fsp3) is 0.500. The average Bonchev–Trinajstić information content (AvgIpc) is 3.58. The number of nitrogens with one attached hydrogen (secondary N) is 2. The van der Waals surface area contributed by atoms with Gasteiger partial charge in [0, 0.05) is 43.9 Å². The summed E-state index contributed by atoms with van der Waals surface area (Å²) < 4.78 is 64.5. The van der Waals surface area contributed by atoms with E-state index in [1.807, 2.05) is 17.2 Å². The van der Waals surface area contributed by atoms with E-state index in [0.717, 1.165) is 54.3 Å². The zero-order chi connectivity index (χ0) is 27.7. The van der Waals surface area contributed by atoms with E-state index in [1.165, 1.54) is 7.11 Å². The van der Waals surface area contributed by atoms with Gasteiger partial charge in [-0.3, -0.25) is 14.4 Å². The highest BCUT2D eigenvalue weighted by molar-refractivity contribution is 7.94. The van der Waals surface area contributed by atoms with E-state index in [0.29, 0.717) is 23.0 Å². The van der Waals surface area contributed by atoms with Crippen LogP contribution in [0.15, 0.2) is 18.6 Å². The molecule has 2 fully saturated rings. The lowest BCUT2D eigenvalue weighted by molar-refractivity contribution is 0.218. The number of urea groups is 1. The van der Waals surface area contributed by atoms with E-state index in [-0.39, 0.29) is 12.0 Å². The van der Waals surface area contributed by atoms with Gasteiger partial charge in [-0.25, -0.2) is 14.8 Å². The smallest absolute Gasteiger partial charge is 0.413 e. The van der Waals surface area contributed by atoms with Crippen molar-refractivity contribution in [2.45, 2.75) is 18.9 Å². The van der Waals surface area contributed by atoms with Gasteiger partial charge >= 0.3 is 32.8 Å². The summed E-state index contributed by atoms with van der Waals surface area (Å²) in [4.78, 5) is 32.8. The second-order valence-corrected chi connectivity index (χ2v) is 11.5. The highest BCUT2D eigenvalue weighted by atomic mass is 32.3. The first-order valence-corrected chi connectivity index (χ1v) is 14.4. The lowest BCUT2D eigenvalue weighted by Crippen LogP contribution is -2.36. The van der Waals surface area contributed by atoms with E-state index >= 15 is 0 Å². The summed E-state index contributed by atoms with van der Waals surface area (Å²) >= 11 is 1.12. The third-order valence-corrected chi connectivity index (χ3v) is 8.19. The molecule has 2 aliphatic rings. The number of rotatable bonds is 6. The molecule has 0 unspecified atom stereocenters. The van der Waals surface area contributed by atoms with Crippen LogP contribution >= 0.6 is 11.5 Å². The predicted molar refractivity (Wildman–Crippen MR) is 134 cm³/mol. The van der Waals surface area contributed by atoms with Crippen molar-refractivity contribution in [3.05, 3.63) is 18.6 Å². The second kappa shape index (κ2) is 10.9. The number of carbonyl (C=O) groups excluding carboxylic acids is 1. The van der Waals surface area contributed by atoms with Crippen molar-refractivity contribution in [3.63, 3.8) is 0 Å². The minimum atomic E-state index is -5.12. The van der Waals surface area contributed by atoms with Gasteiger partial charge in [-0.05, 0) is 30.7 Å². The Morgan fingerprint density at radius 1 is 1.18 bits per heavy atom. The second-order valence-electron chi connectivity index (χ2n) is 8.54. The number of hydrogen-bond acceptors (Lipinski definition) is 13. The van der Waals surface area contributed by atoms with Crippen LogP contribution in [0.4, 0.5) is 15.7 Å². The van der Waals surface area contributed by atoms with Gasteiger partial charge in [0.1, 0.15) is 17.8 Å². The van der Waals surface area contributed by atoms with Crippen LogP contribution in [0.3, 0.4) is 0 Å². The fourth-order valence-electron chi connectivity index (χ4n) is 4.69. The third kappa shape index (κ3) is 6.82. The quantitative estimate of drug-likeness (QED) is 0.290. The molecule has 5 rings (SSSR count). The van der Waals surface area contributed by atoms with Crippen molar-refractivity contribution in [1.82, 2.24) is 29.2 Å². The minimum Gasteiger partial charge on any atom is -0.466 e. The number of fused-ring (bicyclic) bond motifs is 2. The number of carbonyl (C=O) groups is 1. The predicted octanol–water partition coefficient (Wildman–Crippen LogP) is 0.805. The summed E-state index contributed by atoms with van der Waals surface area (Å²) in [5.41, 5.74) is 0.858. The van der Waals surface area contributed by atoms with Gasteiger partial charge in [0.05, 0.1) is 12.5 Å². The molecule has 0 spiro atoms. The Bertz CT molecular complexity index is 1470. The highest BCUT2D eigenvalue weighted by Gasteiger charge is 2.44. The van der Waals surface area contributed by atoms with Crippen LogP contribution in [0.5, 0.6) is 6.01 Å². The van der Waals surface area contributed by atoms with Crippen LogP contribution in [-0.2, 0) is 24.4 Å². The average molecular weight is 593 g/mol. The zero-order valence-corrected chi connectivity index (χ0v) is 22.4. The van der Waals surface area contributed by atoms with E-state index in [9.17, 15) is 21.6 Å². The van der Waals surface area contributed by atoms with E-state index in [1.54, 1.807) is 6.33 Å². The zero-order valence-electron chi connectivity index (χ0n) is 20.0. The Morgan fingerprint density at radius 2 is 1.84 bits per heavy atom. The molecule has 1 aliphatic carbocycles. The monoisotopic (exact) mass is 592 g/mol. The third-order valence-electron chi connectivity index (χ3n) is 6.20. The standard InChI is InChI=1S/C18H22N8O2S.H2O7S2/c1-25(15-13-3-4-19-14(13)20-9-21-15)12-5-10-7-26(8-11(10)6-12)18(27)23-17-22-16(28-2)24-29-17;1-8(2,3)7-9(4,5)6/h3-4,9-12H,5-8H2,1-2H3,(H,19,20,21)(H,22,23,24,27);(H,1,2,3)(H,4,5,6)/t10-,11+,12-;. The molecule has 4 N–H and O–H groups in total. The first-order valence-electron chi connectivity index (χ1n) is 10.9. The van der Waals surface area contributed by atoms with Crippen LogP contribution in [0, 0.1) is 11.8 Å². The van der Waals surface area contributed by atoms with E-state index in [2.05, 4.69) is 45.2 Å². The number of methoxy groups -OCH3 is 1. The van der Waals surface area contributed by atoms with Crippen molar-refractivity contribution < 1.29 is 39.1 Å². The molecular weight excluding hydrogens is 568 g/mol. The maximum Gasteiger partial charge on any atom is 0.413 e. The Kier molecular flexibility index (Phi) is 7.99. The number of anilines is 2. The van der Waals surface area contributed by atoms with Crippen molar-refractivity contribution in [2.75, 3.05) is 37.5 Å². The van der Waals surface area contributed by atoms with Crippen molar-refractivity contribution in [2.24, 2.45) is 11.8 Å². The van der Waals surface area contributed by atoms with Crippen LogP contribution in [0.1, 0.15) is 12.8 Å². The highest BCUT2D eigenvalue weighted by Crippen LogP contribution is 2.41. The van der Waals surface area contributed by atoms with Crippen molar-refractivity contribution >= 4 is 60.3 Å². The molecule has 1 aliphatic heterocycles. The summed E-state index contributed by atoms with van der Waals surface area (Å²) in [5.74, 6) is 1.96. The Balaban J connectivity index is 0.000000323. The van der Waals surface area contributed by atoms with Crippen LogP contribution in [0.2, 0.25) is 0 Å². The molecule has 3 aromatic rings. The molecule has 17 nitrogen and oxygen atoms in total. The number of likely N-dealkylation sites (tertiary alicyclic amines) is 1. The fourth-order valence-corrected chi connectivity index (χ4v) is 6.09. The normalized spacial score (nSPS) is 21.1. The Hall–Kier alpha value is -3.17. The number of hydrogen-bond donors (Lipinski definition) is 4. The van der Waals surface area contributed by atoms with Gasteiger partial charge in [0.25, 0.3) is 0 Å². The van der Waals surface area contributed by atoms with Gasteiger partial charge in [0.15, 0.2) is 0 Å². The van der Waals surface area contributed by atoms with Crippen LogP contribution in [0.25, 0.3) is 11.0 Å².